The average Bonchev–Trinajstić information content (AvgIpc) is 1.58. The van der Waals surface area contributed by atoms with Crippen LogP contribution in [0.5, 0.6) is 0 Å². The van der Waals surface area contributed by atoms with E-state index in [1.165, 1.54) is 254 Å². The molecule has 0 radical (unpaired) electrons. The smallest absolute Gasteiger partial charge is 0.0541 e. The highest BCUT2D eigenvalue weighted by Crippen LogP contribution is 2.46. The van der Waals surface area contributed by atoms with E-state index in [9.17, 15) is 0 Å². The molecule has 0 N–H and O–H groups in total. The molecular weight excluding hydrogens is 1790 g/mol. The van der Waals surface area contributed by atoms with Crippen LogP contribution < -0.4 is 0 Å². The topological polar surface area (TPSA) is 19.7 Å². The number of hydrogen-bond donors (Lipinski definition) is 0. The summed E-state index contributed by atoms with van der Waals surface area (Å²) in [5.74, 6) is 0. The largest absolute Gasteiger partial charge is 0.309 e. The van der Waals surface area contributed by atoms with Crippen molar-refractivity contribution in [3.05, 3.63) is 582 Å². The first-order valence-electron chi connectivity index (χ1n) is 51.0. The molecular formula is C144H96N4. The van der Waals surface area contributed by atoms with E-state index in [2.05, 4.69) is 601 Å². The van der Waals surface area contributed by atoms with E-state index in [-0.39, 0.29) is 0 Å². The predicted molar refractivity (Wildman–Crippen MR) is 626 cm³/mol. The number of nitrogens with zero attached hydrogens (tertiary/aromatic N) is 4. The molecule has 0 aliphatic rings. The van der Waals surface area contributed by atoms with Crippen LogP contribution in [0.1, 0.15) is 0 Å². The van der Waals surface area contributed by atoms with Gasteiger partial charge >= 0.3 is 0 Å². The Balaban J connectivity index is 0.000000146. The first-order valence-corrected chi connectivity index (χ1v) is 51.0. The maximum absolute atomic E-state index is 2.43. The normalized spacial score (nSPS) is 11.5. The van der Waals surface area contributed by atoms with Gasteiger partial charge in [-0.25, -0.2) is 0 Å². The third kappa shape index (κ3) is 16.2. The van der Waals surface area contributed by atoms with Crippen LogP contribution in [0.2, 0.25) is 0 Å². The number of fused-ring (bicyclic) bond motifs is 12. The van der Waals surface area contributed by atoms with E-state index in [1.807, 2.05) is 0 Å². The highest BCUT2D eigenvalue weighted by molar-refractivity contribution is 6.16. The molecule has 0 saturated heterocycles. The molecule has 148 heavy (non-hydrogen) atoms. The fourth-order valence-electron chi connectivity index (χ4n) is 22.6. The summed E-state index contributed by atoms with van der Waals surface area (Å²) in [4.78, 5) is 0. The molecule has 28 rings (SSSR count). The Bertz CT molecular complexity index is 9900. The second-order valence-electron chi connectivity index (χ2n) is 38.6. The van der Waals surface area contributed by atoms with Crippen LogP contribution in [-0.4, -0.2) is 18.3 Å². The second kappa shape index (κ2) is 37.7. The summed E-state index contributed by atoms with van der Waals surface area (Å²) < 4.78 is 9.69. The van der Waals surface area contributed by atoms with E-state index in [1.54, 1.807) is 0 Å². The Morgan fingerprint density at radius 1 is 0.0878 bits per heavy atom. The lowest BCUT2D eigenvalue weighted by Crippen LogP contribution is -1.97. The van der Waals surface area contributed by atoms with Crippen molar-refractivity contribution in [3.63, 3.8) is 0 Å². The van der Waals surface area contributed by atoms with Crippen LogP contribution in [0, 0.1) is 0 Å². The summed E-state index contributed by atoms with van der Waals surface area (Å²) in [7, 11) is 0. The molecule has 692 valence electrons. The number of aromatic nitrogens is 4. The summed E-state index contributed by atoms with van der Waals surface area (Å²) in [6, 6.07) is 212. The molecule has 4 heteroatoms. The summed E-state index contributed by atoms with van der Waals surface area (Å²) in [6.07, 6.45) is 0. The van der Waals surface area contributed by atoms with E-state index >= 15 is 0 Å². The lowest BCUT2D eigenvalue weighted by atomic mass is 9.95. The quantitative estimate of drug-likeness (QED) is 0.0816. The van der Waals surface area contributed by atoms with Gasteiger partial charge in [-0.2, -0.15) is 0 Å². The Labute approximate surface area is 860 Å². The monoisotopic (exact) mass is 1880 g/mol. The van der Waals surface area contributed by atoms with Crippen molar-refractivity contribution in [2.75, 3.05) is 0 Å². The molecule has 4 heterocycles. The van der Waals surface area contributed by atoms with Crippen molar-refractivity contribution >= 4 is 87.2 Å². The second-order valence-corrected chi connectivity index (χ2v) is 38.6. The molecule has 0 unspecified atom stereocenters. The number of rotatable bonds is 18. The zero-order valence-corrected chi connectivity index (χ0v) is 81.2. The van der Waals surface area contributed by atoms with Gasteiger partial charge in [0.25, 0.3) is 0 Å². The average molecular weight is 1880 g/mol. The number of para-hydroxylation sites is 6. The third-order valence-electron chi connectivity index (χ3n) is 29.9. The van der Waals surface area contributed by atoms with Gasteiger partial charge in [0.15, 0.2) is 0 Å². The molecule has 0 bridgehead atoms. The van der Waals surface area contributed by atoms with Gasteiger partial charge in [-0.05, 0) is 284 Å². The van der Waals surface area contributed by atoms with Crippen molar-refractivity contribution in [1.29, 1.82) is 0 Å². The van der Waals surface area contributed by atoms with Gasteiger partial charge in [-0.3, -0.25) is 0 Å². The Hall–Kier alpha value is -19.5. The lowest BCUT2D eigenvalue weighted by Gasteiger charge is -2.14. The van der Waals surface area contributed by atoms with Crippen LogP contribution in [0.25, 0.3) is 266 Å². The Morgan fingerprint density at radius 3 is 0.514 bits per heavy atom. The van der Waals surface area contributed by atoms with Gasteiger partial charge in [-0.15, -0.1) is 0 Å². The molecule has 0 aliphatic heterocycles. The van der Waals surface area contributed by atoms with E-state index in [0.29, 0.717) is 0 Å². The van der Waals surface area contributed by atoms with Gasteiger partial charge in [0.1, 0.15) is 0 Å². The minimum atomic E-state index is 1.14. The van der Waals surface area contributed by atoms with Gasteiger partial charge in [0.05, 0.1) is 55.5 Å². The fraction of sp³-hybridized carbons (Fsp3) is 0. The summed E-state index contributed by atoms with van der Waals surface area (Å²) >= 11 is 0. The summed E-state index contributed by atoms with van der Waals surface area (Å²) in [5.41, 5.74) is 47.9. The fourth-order valence-corrected chi connectivity index (χ4v) is 22.6. The van der Waals surface area contributed by atoms with Crippen LogP contribution >= 0.6 is 0 Å². The maximum atomic E-state index is 2.43. The first kappa shape index (κ1) is 87.5. The molecule has 4 nitrogen and oxygen atoms in total. The van der Waals surface area contributed by atoms with Crippen LogP contribution in [0.15, 0.2) is 582 Å². The van der Waals surface area contributed by atoms with E-state index in [0.717, 1.165) is 11.4 Å². The van der Waals surface area contributed by atoms with Crippen molar-refractivity contribution in [2.45, 2.75) is 0 Å². The third-order valence-corrected chi connectivity index (χ3v) is 29.9. The molecule has 0 saturated carbocycles. The van der Waals surface area contributed by atoms with Gasteiger partial charge in [-0.1, -0.05) is 443 Å². The highest BCUT2D eigenvalue weighted by atomic mass is 15.0. The number of benzene rings is 24. The summed E-state index contributed by atoms with van der Waals surface area (Å²) in [6.45, 7) is 0. The lowest BCUT2D eigenvalue weighted by molar-refractivity contribution is 1.18. The van der Waals surface area contributed by atoms with Crippen molar-refractivity contribution in [1.82, 2.24) is 18.3 Å². The van der Waals surface area contributed by atoms with Crippen LogP contribution in [0.3, 0.4) is 0 Å². The zero-order valence-electron chi connectivity index (χ0n) is 81.2. The minimum Gasteiger partial charge on any atom is -0.309 e. The molecule has 28 aromatic rings. The van der Waals surface area contributed by atoms with Crippen LogP contribution in [-0.2, 0) is 0 Å². The molecule has 0 amide bonds. The van der Waals surface area contributed by atoms with E-state index in [4.69, 9.17) is 0 Å². The Morgan fingerprint density at radius 2 is 0.250 bits per heavy atom. The van der Waals surface area contributed by atoms with Crippen molar-refractivity contribution in [3.8, 4) is 179 Å². The van der Waals surface area contributed by atoms with E-state index < -0.39 is 0 Å². The Kier molecular flexibility index (Phi) is 22.3. The standard InChI is InChI=1S/2C72H48N2/c1-3-16-49(17-4-1)54-20-14-24-58(45-54)59-25-15-23-57(46-59)51-34-32-50(33-35-51)55-21-13-22-56(44-55)52-36-40-62(41-37-52)73-69-30-11-8-27-64(69)66-47-60(38-42-71(66)73)61-39-43-72-67(48-61)65-28-9-12-31-70(65)74(72)68-29-10-7-26-63(68)53-18-5-2-6-19-53;1-3-15-49(16-4-1)56-19-13-21-58(45-56)59-22-14-20-57(46-59)54-35-33-51(34-36-54)50-29-31-52(32-30-50)53-37-41-62(42-38-53)73-69-27-11-8-24-64(69)66-47-60(39-43-71(66)73)61-40-44-72-67(48-61)65-25-9-12-28-70(65)74(72)68-26-10-7-23-63(68)55-17-5-2-6-18-55/h2*1-48H. The molecule has 0 aliphatic carbocycles. The molecule has 24 aromatic carbocycles. The molecule has 0 atom stereocenters. The maximum Gasteiger partial charge on any atom is 0.0541 e. The molecule has 0 spiro atoms. The van der Waals surface area contributed by atoms with Gasteiger partial charge < -0.3 is 18.3 Å². The highest BCUT2D eigenvalue weighted by Gasteiger charge is 2.24. The van der Waals surface area contributed by atoms with Crippen molar-refractivity contribution in [2.24, 2.45) is 0 Å². The molecule has 0 fully saturated rings. The zero-order chi connectivity index (χ0) is 97.9. The van der Waals surface area contributed by atoms with Gasteiger partial charge in [0.2, 0.25) is 0 Å². The number of hydrogen-bond acceptors (Lipinski definition) is 0. The summed E-state index contributed by atoms with van der Waals surface area (Å²) in [5, 5.41) is 9.93. The van der Waals surface area contributed by atoms with Crippen LogP contribution in [0.4, 0.5) is 0 Å². The predicted octanol–water partition coefficient (Wildman–Crippen LogP) is 39.1. The SMILES string of the molecule is c1ccc(-c2cccc(-c3cccc(-c4ccc(-c5ccc(-c6ccc(-n7c8ccccc8c8cc(-c9ccc%10c(c9)c9ccccc9n%10-c9ccccc9-c9ccccc9)ccc87)cc6)cc5)cc4)c3)c2)cc1.c1ccc(-c2cccc(-c3cccc(-c4ccc(-c5cccc(-c6ccc(-n7c8ccccc8c8cc(-c9ccc%10c(c9)c9ccccc9n%10-c9ccccc9-c9ccccc9)ccc87)cc6)c5)cc4)c3)c2)cc1. The van der Waals surface area contributed by atoms with Crippen molar-refractivity contribution < 1.29 is 0 Å². The first-order chi connectivity index (χ1) is 73.4. The molecule has 4 aromatic heterocycles. The van der Waals surface area contributed by atoms with Gasteiger partial charge in [0, 0.05) is 65.6 Å². The minimum absolute atomic E-state index is 1.14.